The van der Waals surface area contributed by atoms with E-state index in [1.807, 2.05) is 0 Å². The standard InChI is InChI=1S/C26H33N3O4S/c1-3-15-28-16-13-23(14-17-28)29(22-9-10-22)26(31)20-5-4-6-21(18-20)27-25(30)19-7-11-24(12-8-19)34(2,32)33/h4-8,11-12,18,22-23H,3,9-10,13-17H2,1-2H3,(H,27,30). The molecule has 2 amide bonds. The Labute approximate surface area is 202 Å². The molecule has 1 saturated carbocycles. The van der Waals surface area contributed by atoms with Gasteiger partial charge in [0.2, 0.25) is 0 Å². The minimum atomic E-state index is -3.32. The van der Waals surface area contributed by atoms with Gasteiger partial charge in [-0.2, -0.15) is 0 Å². The second-order valence-electron chi connectivity index (χ2n) is 9.35. The molecule has 1 aliphatic carbocycles. The minimum absolute atomic E-state index is 0.0324. The summed E-state index contributed by atoms with van der Waals surface area (Å²) in [5, 5.41) is 2.83. The SMILES string of the molecule is CCCN1CCC(N(C(=O)c2cccc(NC(=O)c3ccc(S(C)(=O)=O)cc3)c2)C2CC2)CC1. The van der Waals surface area contributed by atoms with Crippen LogP contribution in [0.1, 0.15) is 59.7 Å². The van der Waals surface area contributed by atoms with Crippen molar-refractivity contribution in [1.29, 1.82) is 0 Å². The molecule has 0 unspecified atom stereocenters. The molecular formula is C26H33N3O4S. The summed E-state index contributed by atoms with van der Waals surface area (Å²) in [6.07, 6.45) is 6.40. The molecule has 4 rings (SSSR count). The summed E-state index contributed by atoms with van der Waals surface area (Å²) < 4.78 is 23.3. The van der Waals surface area contributed by atoms with E-state index >= 15 is 0 Å². The summed E-state index contributed by atoms with van der Waals surface area (Å²) >= 11 is 0. The van der Waals surface area contributed by atoms with Crippen molar-refractivity contribution in [3.05, 3.63) is 59.7 Å². The molecule has 182 valence electrons. The van der Waals surface area contributed by atoms with Crippen LogP contribution in [-0.2, 0) is 9.84 Å². The number of nitrogens with zero attached hydrogens (tertiary/aromatic N) is 2. The third-order valence-corrected chi connectivity index (χ3v) is 7.71. The molecule has 0 aromatic heterocycles. The molecule has 2 fully saturated rings. The van der Waals surface area contributed by atoms with Gasteiger partial charge < -0.3 is 15.1 Å². The van der Waals surface area contributed by atoms with Crippen LogP contribution in [0.4, 0.5) is 5.69 Å². The number of rotatable bonds is 8. The van der Waals surface area contributed by atoms with Crippen LogP contribution in [0.5, 0.6) is 0 Å². The Morgan fingerprint density at radius 3 is 2.21 bits per heavy atom. The number of carbonyl (C=O) groups is 2. The third-order valence-electron chi connectivity index (χ3n) is 6.58. The van der Waals surface area contributed by atoms with Gasteiger partial charge >= 0.3 is 0 Å². The van der Waals surface area contributed by atoms with Gasteiger partial charge in [-0.1, -0.05) is 13.0 Å². The molecule has 2 aromatic carbocycles. The lowest BCUT2D eigenvalue weighted by molar-refractivity contribution is 0.0549. The van der Waals surface area contributed by atoms with Gasteiger partial charge in [0.15, 0.2) is 9.84 Å². The monoisotopic (exact) mass is 483 g/mol. The molecule has 1 N–H and O–H groups in total. The summed E-state index contributed by atoms with van der Waals surface area (Å²) in [7, 11) is -3.32. The third kappa shape index (κ3) is 5.85. The van der Waals surface area contributed by atoms with E-state index < -0.39 is 9.84 Å². The molecular weight excluding hydrogens is 450 g/mol. The van der Waals surface area contributed by atoms with Crippen molar-refractivity contribution in [2.24, 2.45) is 0 Å². The highest BCUT2D eigenvalue weighted by Gasteiger charge is 2.38. The molecule has 0 spiro atoms. The second kappa shape index (κ2) is 10.3. The largest absolute Gasteiger partial charge is 0.333 e. The molecule has 0 radical (unpaired) electrons. The lowest BCUT2D eigenvalue weighted by atomic mass is 10.0. The van der Waals surface area contributed by atoms with Gasteiger partial charge in [0, 0.05) is 48.2 Å². The van der Waals surface area contributed by atoms with Gasteiger partial charge in [-0.3, -0.25) is 9.59 Å². The maximum absolute atomic E-state index is 13.5. The number of anilines is 1. The predicted molar refractivity (Wildman–Crippen MR) is 133 cm³/mol. The average Bonchev–Trinajstić information content (AvgIpc) is 3.65. The molecule has 7 nitrogen and oxygen atoms in total. The fourth-order valence-electron chi connectivity index (χ4n) is 4.66. The molecule has 1 heterocycles. The van der Waals surface area contributed by atoms with Crippen molar-refractivity contribution < 1.29 is 18.0 Å². The first kappa shape index (κ1) is 24.4. The molecule has 0 atom stereocenters. The molecule has 0 bridgehead atoms. The summed E-state index contributed by atoms with van der Waals surface area (Å²) in [5.41, 5.74) is 1.47. The van der Waals surface area contributed by atoms with E-state index in [9.17, 15) is 18.0 Å². The van der Waals surface area contributed by atoms with Crippen LogP contribution in [0.2, 0.25) is 0 Å². The number of likely N-dealkylation sites (tertiary alicyclic amines) is 1. The van der Waals surface area contributed by atoms with E-state index in [4.69, 9.17) is 0 Å². The lowest BCUT2D eigenvalue weighted by Crippen LogP contribution is -2.48. The topological polar surface area (TPSA) is 86.8 Å². The minimum Gasteiger partial charge on any atom is -0.333 e. The molecule has 2 aromatic rings. The highest BCUT2D eigenvalue weighted by atomic mass is 32.2. The van der Waals surface area contributed by atoms with Crippen molar-refractivity contribution >= 4 is 27.3 Å². The highest BCUT2D eigenvalue weighted by molar-refractivity contribution is 7.90. The Hall–Kier alpha value is -2.71. The van der Waals surface area contributed by atoms with Gasteiger partial charge in [-0.05, 0) is 81.1 Å². The number of amides is 2. The van der Waals surface area contributed by atoms with Crippen LogP contribution >= 0.6 is 0 Å². The van der Waals surface area contributed by atoms with Gasteiger partial charge in [0.25, 0.3) is 11.8 Å². The van der Waals surface area contributed by atoms with Gasteiger partial charge in [0.05, 0.1) is 4.90 Å². The van der Waals surface area contributed by atoms with E-state index in [1.165, 1.54) is 24.3 Å². The summed E-state index contributed by atoms with van der Waals surface area (Å²) in [4.78, 5) is 30.9. The summed E-state index contributed by atoms with van der Waals surface area (Å²) in [6, 6.07) is 13.5. The smallest absolute Gasteiger partial charge is 0.255 e. The highest BCUT2D eigenvalue weighted by Crippen LogP contribution is 2.33. The van der Waals surface area contributed by atoms with Crippen LogP contribution in [0.3, 0.4) is 0 Å². The van der Waals surface area contributed by atoms with Crippen LogP contribution in [0, 0.1) is 0 Å². The van der Waals surface area contributed by atoms with Crippen molar-refractivity contribution in [2.75, 3.05) is 31.2 Å². The Morgan fingerprint density at radius 1 is 0.971 bits per heavy atom. The summed E-state index contributed by atoms with van der Waals surface area (Å²) in [5.74, 6) is -0.322. The first-order chi connectivity index (χ1) is 16.3. The number of piperidine rings is 1. The first-order valence-electron chi connectivity index (χ1n) is 12.0. The first-order valence-corrected chi connectivity index (χ1v) is 13.9. The van der Waals surface area contributed by atoms with E-state index in [0.29, 0.717) is 22.9 Å². The number of sulfone groups is 1. The number of carbonyl (C=O) groups excluding carboxylic acids is 2. The molecule has 8 heteroatoms. The van der Waals surface area contributed by atoms with E-state index in [-0.39, 0.29) is 22.8 Å². The second-order valence-corrected chi connectivity index (χ2v) is 11.4. The van der Waals surface area contributed by atoms with Crippen molar-refractivity contribution in [3.8, 4) is 0 Å². The maximum atomic E-state index is 13.5. The quantitative estimate of drug-likeness (QED) is 0.617. The fraction of sp³-hybridized carbons (Fsp3) is 0.462. The number of hydrogen-bond donors (Lipinski definition) is 1. The molecule has 34 heavy (non-hydrogen) atoms. The Balaban J connectivity index is 1.44. The molecule has 1 saturated heterocycles. The van der Waals surface area contributed by atoms with Crippen molar-refractivity contribution in [3.63, 3.8) is 0 Å². The van der Waals surface area contributed by atoms with E-state index in [1.54, 1.807) is 24.3 Å². The van der Waals surface area contributed by atoms with Gasteiger partial charge in [0.1, 0.15) is 0 Å². The zero-order valence-electron chi connectivity index (χ0n) is 19.9. The molecule has 2 aliphatic rings. The zero-order valence-corrected chi connectivity index (χ0v) is 20.7. The van der Waals surface area contributed by atoms with Crippen LogP contribution in [0.15, 0.2) is 53.4 Å². The van der Waals surface area contributed by atoms with Crippen LogP contribution < -0.4 is 5.32 Å². The number of nitrogens with one attached hydrogen (secondary N) is 1. The van der Waals surface area contributed by atoms with Gasteiger partial charge in [-0.25, -0.2) is 8.42 Å². The van der Waals surface area contributed by atoms with Crippen LogP contribution in [-0.4, -0.2) is 68.0 Å². The maximum Gasteiger partial charge on any atom is 0.255 e. The lowest BCUT2D eigenvalue weighted by Gasteiger charge is -2.39. The molecule has 1 aliphatic heterocycles. The van der Waals surface area contributed by atoms with Crippen molar-refractivity contribution in [2.45, 2.75) is 56.0 Å². The summed E-state index contributed by atoms with van der Waals surface area (Å²) in [6.45, 7) is 5.37. The Bertz CT molecular complexity index is 1130. The zero-order chi connectivity index (χ0) is 24.3. The normalized spacial score (nSPS) is 17.4. The average molecular weight is 484 g/mol. The Morgan fingerprint density at radius 2 is 1.62 bits per heavy atom. The van der Waals surface area contributed by atoms with E-state index in [2.05, 4.69) is 22.0 Å². The fourth-order valence-corrected chi connectivity index (χ4v) is 5.29. The van der Waals surface area contributed by atoms with Crippen molar-refractivity contribution in [1.82, 2.24) is 9.80 Å². The number of benzene rings is 2. The number of hydrogen-bond acceptors (Lipinski definition) is 5. The predicted octanol–water partition coefficient (Wildman–Crippen LogP) is 3.82. The van der Waals surface area contributed by atoms with Crippen LogP contribution in [0.25, 0.3) is 0 Å². The Kier molecular flexibility index (Phi) is 7.38. The van der Waals surface area contributed by atoms with Gasteiger partial charge in [-0.15, -0.1) is 0 Å². The van der Waals surface area contributed by atoms with E-state index in [0.717, 1.165) is 58.0 Å².